The average Bonchev–Trinajstić information content (AvgIpc) is 3.14. The van der Waals surface area contributed by atoms with Crippen molar-refractivity contribution in [3.05, 3.63) is 77.2 Å². The zero-order valence-electron chi connectivity index (χ0n) is 17.7. The first-order chi connectivity index (χ1) is 15.2. The highest BCUT2D eigenvalue weighted by atomic mass is 35.5. The molecule has 2 N–H and O–H groups in total. The lowest BCUT2D eigenvalue weighted by Gasteiger charge is -2.28. The highest BCUT2D eigenvalue weighted by Crippen LogP contribution is 2.35. The predicted molar refractivity (Wildman–Crippen MR) is 122 cm³/mol. The van der Waals surface area contributed by atoms with Gasteiger partial charge in [0.05, 0.1) is 6.61 Å². The van der Waals surface area contributed by atoms with Crippen molar-refractivity contribution >= 4 is 23.2 Å². The third kappa shape index (κ3) is 4.53. The molecule has 0 aliphatic carbocycles. The molecule has 2 heterocycles. The molecule has 2 aromatic carbocycles. The topological polar surface area (TPSA) is 65.4 Å². The van der Waals surface area contributed by atoms with E-state index in [1.165, 1.54) is 17.5 Å². The molecule has 0 saturated heterocycles. The molecule has 0 aliphatic rings. The molecular formula is C24H23ClF2N4O. The molecular weight excluding hydrogens is 434 g/mol. The van der Waals surface area contributed by atoms with Gasteiger partial charge in [0, 0.05) is 29.1 Å². The molecule has 0 bridgehead atoms. The molecule has 2 unspecified atom stereocenters. The van der Waals surface area contributed by atoms with Crippen LogP contribution in [0.2, 0.25) is 5.02 Å². The number of nitrogen functional groups attached to an aromatic ring is 1. The largest absolute Gasteiger partial charge is 0.490 e. The Balaban J connectivity index is 1.47. The van der Waals surface area contributed by atoms with Crippen molar-refractivity contribution in [2.75, 3.05) is 12.3 Å². The zero-order valence-corrected chi connectivity index (χ0v) is 18.5. The summed E-state index contributed by atoms with van der Waals surface area (Å²) in [6.07, 6.45) is 1.76. The molecule has 32 heavy (non-hydrogen) atoms. The highest BCUT2D eigenvalue weighted by molar-refractivity contribution is 6.30. The summed E-state index contributed by atoms with van der Waals surface area (Å²) in [6, 6.07) is 15.4. The Morgan fingerprint density at radius 3 is 2.69 bits per heavy atom. The fraction of sp³-hybridized carbons (Fsp3) is 0.250. The van der Waals surface area contributed by atoms with E-state index in [9.17, 15) is 0 Å². The number of aromatic nitrogens is 3. The smallest absolute Gasteiger partial charge is 0.240 e. The van der Waals surface area contributed by atoms with E-state index < -0.39 is 11.5 Å². The van der Waals surface area contributed by atoms with Gasteiger partial charge in [-0.2, -0.15) is 4.98 Å². The van der Waals surface area contributed by atoms with Crippen LogP contribution in [0, 0.1) is 5.82 Å². The number of rotatable bonds is 7. The Morgan fingerprint density at radius 1 is 1.19 bits per heavy atom. The van der Waals surface area contributed by atoms with Gasteiger partial charge in [-0.05, 0) is 48.4 Å². The van der Waals surface area contributed by atoms with Crippen molar-refractivity contribution in [1.82, 2.24) is 14.6 Å². The molecule has 0 saturated carbocycles. The van der Waals surface area contributed by atoms with Crippen molar-refractivity contribution in [2.24, 2.45) is 0 Å². The summed E-state index contributed by atoms with van der Waals surface area (Å²) < 4.78 is 37.6. The third-order valence-electron chi connectivity index (χ3n) is 5.75. The molecule has 8 heteroatoms. The number of benzene rings is 2. The van der Waals surface area contributed by atoms with Crippen LogP contribution in [-0.4, -0.2) is 26.9 Å². The van der Waals surface area contributed by atoms with Crippen molar-refractivity contribution < 1.29 is 13.5 Å². The standard InChI is InChI=1S/C24H23ClF2N4O/c1-15(16-6-8-18(25)9-7-16)24(2,27)11-13-32-20-5-3-4-19(22(20)26)17-10-12-31-21(14-17)29-23(28)30-31/h3-10,12,14-15H,11,13H2,1-2H3,(H2,28,30). The summed E-state index contributed by atoms with van der Waals surface area (Å²) in [6.45, 7) is 3.38. The van der Waals surface area contributed by atoms with Crippen molar-refractivity contribution in [3.8, 4) is 16.9 Å². The summed E-state index contributed by atoms with van der Waals surface area (Å²) in [5.74, 6) is -0.683. The van der Waals surface area contributed by atoms with E-state index >= 15 is 8.78 Å². The first kappa shape index (κ1) is 22.0. The van der Waals surface area contributed by atoms with Gasteiger partial charge in [-0.3, -0.25) is 0 Å². The zero-order chi connectivity index (χ0) is 22.9. The van der Waals surface area contributed by atoms with Gasteiger partial charge in [-0.15, -0.1) is 5.10 Å². The lowest BCUT2D eigenvalue weighted by atomic mass is 9.84. The maximum absolute atomic E-state index is 15.3. The maximum atomic E-state index is 15.3. The average molecular weight is 457 g/mol. The molecule has 0 radical (unpaired) electrons. The summed E-state index contributed by atoms with van der Waals surface area (Å²) in [5.41, 5.74) is 6.39. The fourth-order valence-corrected chi connectivity index (χ4v) is 3.71. The van der Waals surface area contributed by atoms with Crippen LogP contribution in [0.1, 0.15) is 31.7 Å². The monoisotopic (exact) mass is 456 g/mol. The Hall–Kier alpha value is -3.19. The van der Waals surface area contributed by atoms with Crippen molar-refractivity contribution in [3.63, 3.8) is 0 Å². The Bertz CT molecular complexity index is 1240. The molecule has 0 fully saturated rings. The van der Waals surface area contributed by atoms with Gasteiger partial charge in [0.1, 0.15) is 5.67 Å². The number of anilines is 1. The van der Waals surface area contributed by atoms with Crippen LogP contribution in [0.25, 0.3) is 16.8 Å². The second-order valence-electron chi connectivity index (χ2n) is 7.96. The summed E-state index contributed by atoms with van der Waals surface area (Å²) in [5, 5.41) is 4.62. The predicted octanol–water partition coefficient (Wildman–Crippen LogP) is 6.07. The van der Waals surface area contributed by atoms with Gasteiger partial charge in [0.25, 0.3) is 0 Å². The van der Waals surface area contributed by atoms with E-state index in [1.807, 2.05) is 19.1 Å². The normalized spacial score (nSPS) is 14.3. The van der Waals surface area contributed by atoms with Crippen molar-refractivity contribution in [2.45, 2.75) is 31.9 Å². The van der Waals surface area contributed by atoms with Crippen molar-refractivity contribution in [1.29, 1.82) is 0 Å². The molecule has 2 atom stereocenters. The second-order valence-corrected chi connectivity index (χ2v) is 8.39. The van der Waals surface area contributed by atoms with Crippen LogP contribution < -0.4 is 10.5 Å². The molecule has 5 nitrogen and oxygen atoms in total. The summed E-state index contributed by atoms with van der Waals surface area (Å²) in [7, 11) is 0. The molecule has 0 spiro atoms. The van der Waals surface area contributed by atoms with Crippen LogP contribution in [0.4, 0.5) is 14.7 Å². The Kier molecular flexibility index (Phi) is 6.02. The minimum absolute atomic E-state index is 0.0328. The Morgan fingerprint density at radius 2 is 1.94 bits per heavy atom. The number of nitrogens with two attached hydrogens (primary N) is 1. The first-order valence-corrected chi connectivity index (χ1v) is 10.6. The van der Waals surface area contributed by atoms with Gasteiger partial charge in [0.15, 0.2) is 17.2 Å². The van der Waals surface area contributed by atoms with Gasteiger partial charge in [-0.25, -0.2) is 13.3 Å². The van der Waals surface area contributed by atoms with Gasteiger partial charge in [0.2, 0.25) is 5.95 Å². The van der Waals surface area contributed by atoms with Crippen LogP contribution in [0.5, 0.6) is 5.75 Å². The minimum atomic E-state index is -1.54. The van der Waals surface area contributed by atoms with Crippen LogP contribution in [-0.2, 0) is 0 Å². The van der Waals surface area contributed by atoms with E-state index in [0.717, 1.165) is 5.56 Å². The van der Waals surface area contributed by atoms with E-state index in [1.54, 1.807) is 42.6 Å². The number of ether oxygens (including phenoxy) is 1. The number of hydrogen-bond donors (Lipinski definition) is 1. The van der Waals surface area contributed by atoms with Crippen LogP contribution >= 0.6 is 11.6 Å². The van der Waals surface area contributed by atoms with Gasteiger partial charge in [-0.1, -0.05) is 42.8 Å². The summed E-state index contributed by atoms with van der Waals surface area (Å²) in [4.78, 5) is 4.10. The lowest BCUT2D eigenvalue weighted by Crippen LogP contribution is -2.28. The SMILES string of the molecule is CC(c1ccc(Cl)cc1)C(C)(F)CCOc1cccc(-c2ccn3nc(N)nc3c2)c1F. The Labute approximate surface area is 189 Å². The van der Waals surface area contributed by atoms with E-state index in [4.69, 9.17) is 22.1 Å². The fourth-order valence-electron chi connectivity index (χ4n) is 3.59. The minimum Gasteiger partial charge on any atom is -0.490 e. The number of hydrogen-bond acceptors (Lipinski definition) is 4. The number of halogens is 3. The first-order valence-electron chi connectivity index (χ1n) is 10.2. The van der Waals surface area contributed by atoms with E-state index in [2.05, 4.69) is 10.1 Å². The molecule has 166 valence electrons. The van der Waals surface area contributed by atoms with Crippen LogP contribution in [0.15, 0.2) is 60.8 Å². The molecule has 0 aliphatic heterocycles. The number of fused-ring (bicyclic) bond motifs is 1. The van der Waals surface area contributed by atoms with Gasteiger partial charge >= 0.3 is 0 Å². The van der Waals surface area contributed by atoms with Crippen LogP contribution in [0.3, 0.4) is 0 Å². The van der Waals surface area contributed by atoms with Gasteiger partial charge < -0.3 is 10.5 Å². The quantitative estimate of drug-likeness (QED) is 0.366. The molecule has 2 aromatic heterocycles. The molecule has 4 aromatic rings. The number of alkyl halides is 1. The molecule has 4 rings (SSSR count). The lowest BCUT2D eigenvalue weighted by molar-refractivity contribution is 0.113. The third-order valence-corrected chi connectivity index (χ3v) is 6.00. The van der Waals surface area contributed by atoms with E-state index in [-0.39, 0.29) is 30.6 Å². The van der Waals surface area contributed by atoms with E-state index in [0.29, 0.717) is 21.8 Å². The summed E-state index contributed by atoms with van der Waals surface area (Å²) >= 11 is 5.92. The number of pyridine rings is 1. The maximum Gasteiger partial charge on any atom is 0.240 e. The number of nitrogens with zero attached hydrogens (tertiary/aromatic N) is 3. The molecule has 0 amide bonds. The second kappa shape index (κ2) is 8.74. The highest BCUT2D eigenvalue weighted by Gasteiger charge is 2.32.